The van der Waals surface area contributed by atoms with Crippen LogP contribution in [0.3, 0.4) is 0 Å². The number of ether oxygens (including phenoxy) is 2. The summed E-state index contributed by atoms with van der Waals surface area (Å²) in [6, 6.07) is 3.94. The van der Waals surface area contributed by atoms with Gasteiger partial charge >= 0.3 is 6.18 Å². The van der Waals surface area contributed by atoms with Crippen LogP contribution in [0.25, 0.3) is 0 Å². The first-order valence-corrected chi connectivity index (χ1v) is 10.8. The van der Waals surface area contributed by atoms with Gasteiger partial charge in [-0.2, -0.15) is 13.2 Å². The molecule has 0 unspecified atom stereocenters. The number of alkyl halides is 3. The van der Waals surface area contributed by atoms with Crippen LogP contribution in [-0.4, -0.2) is 49.1 Å². The topological polar surface area (TPSA) is 71.0 Å². The molecule has 0 bridgehead atoms. The summed E-state index contributed by atoms with van der Waals surface area (Å²) in [6.07, 6.45) is -4.03. The zero-order chi connectivity index (χ0) is 25.4. The molecule has 12 heteroatoms. The van der Waals surface area contributed by atoms with Crippen LogP contribution in [0.5, 0.6) is 11.5 Å². The third-order valence-corrected chi connectivity index (χ3v) is 5.99. The summed E-state index contributed by atoms with van der Waals surface area (Å²) < 4.78 is 90.1. The van der Waals surface area contributed by atoms with Gasteiger partial charge in [-0.15, -0.1) is 0 Å². The maximum Gasteiger partial charge on any atom is 0.422 e. The summed E-state index contributed by atoms with van der Waals surface area (Å²) in [6.45, 7) is -1.74. The summed E-state index contributed by atoms with van der Waals surface area (Å²) in [7, 11) is 0. The molecule has 4 rings (SSSR count). The van der Waals surface area contributed by atoms with Gasteiger partial charge in [0.25, 0.3) is 0 Å². The number of aliphatic hydroxyl groups is 1. The van der Waals surface area contributed by atoms with Gasteiger partial charge in [0.15, 0.2) is 18.2 Å². The van der Waals surface area contributed by atoms with Gasteiger partial charge in [0, 0.05) is 37.2 Å². The van der Waals surface area contributed by atoms with Gasteiger partial charge in [0.05, 0.1) is 5.69 Å². The number of fused-ring (bicyclic) bond motifs is 1. The van der Waals surface area contributed by atoms with E-state index in [9.17, 15) is 36.2 Å². The number of halogens is 6. The molecule has 2 N–H and O–H groups in total. The Morgan fingerprint density at radius 1 is 1.00 bits per heavy atom. The van der Waals surface area contributed by atoms with Crippen molar-refractivity contribution in [1.29, 1.82) is 0 Å². The molecule has 2 aliphatic rings. The number of anilines is 2. The Bertz CT molecular complexity index is 1090. The van der Waals surface area contributed by atoms with E-state index in [4.69, 9.17) is 4.74 Å². The molecule has 0 spiro atoms. The van der Waals surface area contributed by atoms with E-state index in [0.29, 0.717) is 23.4 Å². The van der Waals surface area contributed by atoms with E-state index in [-0.39, 0.29) is 57.0 Å². The van der Waals surface area contributed by atoms with Crippen LogP contribution in [0.15, 0.2) is 24.3 Å². The second-order valence-corrected chi connectivity index (χ2v) is 8.59. The molecule has 0 aliphatic carbocycles. The highest BCUT2D eigenvalue weighted by Crippen LogP contribution is 2.36. The van der Waals surface area contributed by atoms with Crippen LogP contribution < -0.4 is 19.7 Å². The van der Waals surface area contributed by atoms with Gasteiger partial charge in [-0.05, 0) is 31.4 Å². The molecule has 1 saturated heterocycles. The summed E-state index contributed by atoms with van der Waals surface area (Å²) in [5.74, 6) is -3.32. The third kappa shape index (κ3) is 5.75. The Morgan fingerprint density at radius 2 is 1.66 bits per heavy atom. The van der Waals surface area contributed by atoms with Crippen molar-refractivity contribution in [2.24, 2.45) is 0 Å². The molecule has 6 nitrogen and oxygen atoms in total. The van der Waals surface area contributed by atoms with E-state index < -0.39 is 47.3 Å². The number of rotatable bonds is 6. The first-order valence-electron chi connectivity index (χ1n) is 10.8. The van der Waals surface area contributed by atoms with E-state index in [1.54, 1.807) is 0 Å². The van der Waals surface area contributed by atoms with E-state index in [1.807, 2.05) is 0 Å². The van der Waals surface area contributed by atoms with Gasteiger partial charge in [0.2, 0.25) is 5.91 Å². The lowest BCUT2D eigenvalue weighted by Crippen LogP contribution is -2.48. The second-order valence-electron chi connectivity index (χ2n) is 8.59. The van der Waals surface area contributed by atoms with Crippen molar-refractivity contribution in [1.82, 2.24) is 0 Å². The Hall–Kier alpha value is -3.15. The van der Waals surface area contributed by atoms with Crippen LogP contribution in [-0.2, 0) is 11.2 Å². The van der Waals surface area contributed by atoms with Crippen LogP contribution in [0.2, 0.25) is 0 Å². The summed E-state index contributed by atoms with van der Waals surface area (Å²) >= 11 is 0. The largest absolute Gasteiger partial charge is 0.490 e. The lowest BCUT2D eigenvalue weighted by molar-refractivity contribution is -0.153. The van der Waals surface area contributed by atoms with E-state index >= 15 is 0 Å². The molecule has 0 aromatic heterocycles. The number of carbonyl (C=O) groups is 1. The fraction of sp³-hybridized carbons (Fsp3) is 0.435. The number of nitrogens with one attached hydrogen (secondary N) is 1. The smallest absolute Gasteiger partial charge is 0.422 e. The molecule has 1 fully saturated rings. The Labute approximate surface area is 196 Å². The number of piperidine rings is 1. The van der Waals surface area contributed by atoms with E-state index in [2.05, 4.69) is 10.1 Å². The normalized spacial score (nSPS) is 17.6. The van der Waals surface area contributed by atoms with Gasteiger partial charge < -0.3 is 24.8 Å². The highest BCUT2D eigenvalue weighted by atomic mass is 19.4. The summed E-state index contributed by atoms with van der Waals surface area (Å²) in [5.41, 5.74) is -1.22. The van der Waals surface area contributed by atoms with Crippen molar-refractivity contribution in [3.8, 4) is 11.5 Å². The highest BCUT2D eigenvalue weighted by Gasteiger charge is 2.36. The van der Waals surface area contributed by atoms with Crippen molar-refractivity contribution in [2.75, 3.05) is 36.5 Å². The Kier molecular flexibility index (Phi) is 6.76. The average Bonchev–Trinajstić information content (AvgIpc) is 2.78. The van der Waals surface area contributed by atoms with Crippen molar-refractivity contribution in [3.05, 3.63) is 47.3 Å². The van der Waals surface area contributed by atoms with E-state index in [1.165, 1.54) is 11.0 Å². The number of carbonyl (C=O) groups excluding carboxylic acids is 1. The monoisotopic (exact) mass is 504 g/mol. The summed E-state index contributed by atoms with van der Waals surface area (Å²) in [4.78, 5) is 12.9. The number of hydrogen-bond acceptors (Lipinski definition) is 5. The fourth-order valence-corrected chi connectivity index (χ4v) is 4.15. The minimum atomic E-state index is -4.65. The van der Waals surface area contributed by atoms with Gasteiger partial charge in [0.1, 0.15) is 35.2 Å². The molecule has 2 aromatic carbocycles. The predicted molar refractivity (Wildman–Crippen MR) is 113 cm³/mol. The standard InChI is InChI=1S/C23H22F6N2O4/c24-15-2-3-18(14-1-4-19(32)30-20(14)15)35-11-22(33)5-7-31(8-6-22)21-16(25)9-13(10-17(21)26)34-12-23(27,28)29/h2-3,9-10,33H,1,4-8,11-12H2,(H,30,32). The molecule has 1 amide bonds. The van der Waals surface area contributed by atoms with Crippen molar-refractivity contribution in [2.45, 2.75) is 37.5 Å². The van der Waals surface area contributed by atoms with E-state index in [0.717, 1.165) is 6.07 Å². The van der Waals surface area contributed by atoms with Gasteiger partial charge in [-0.3, -0.25) is 4.79 Å². The van der Waals surface area contributed by atoms with Crippen LogP contribution in [0.4, 0.5) is 37.7 Å². The number of amides is 1. The molecular weight excluding hydrogens is 482 g/mol. The number of hydrogen-bond donors (Lipinski definition) is 2. The minimum absolute atomic E-state index is 0.0496. The number of nitrogens with zero attached hydrogens (tertiary/aromatic N) is 1. The lowest BCUT2D eigenvalue weighted by Gasteiger charge is -2.39. The van der Waals surface area contributed by atoms with Crippen LogP contribution in [0, 0.1) is 17.5 Å². The zero-order valence-electron chi connectivity index (χ0n) is 18.4. The highest BCUT2D eigenvalue weighted by molar-refractivity contribution is 5.94. The molecule has 190 valence electrons. The predicted octanol–water partition coefficient (Wildman–Crippen LogP) is 4.34. The Balaban J connectivity index is 1.39. The SMILES string of the molecule is O=C1CCc2c(OCC3(O)CCN(c4c(F)cc(OCC(F)(F)F)cc4F)CC3)ccc(F)c2N1. The molecule has 2 heterocycles. The van der Waals surface area contributed by atoms with Gasteiger partial charge in [-0.1, -0.05) is 0 Å². The third-order valence-electron chi connectivity index (χ3n) is 5.99. The lowest BCUT2D eigenvalue weighted by atomic mass is 9.92. The van der Waals surface area contributed by atoms with Crippen LogP contribution in [0.1, 0.15) is 24.8 Å². The zero-order valence-corrected chi connectivity index (χ0v) is 18.4. The van der Waals surface area contributed by atoms with Crippen molar-refractivity contribution < 1.29 is 45.7 Å². The average molecular weight is 504 g/mol. The maximum atomic E-state index is 14.5. The first-order chi connectivity index (χ1) is 16.4. The quantitative estimate of drug-likeness (QED) is 0.573. The maximum absolute atomic E-state index is 14.5. The first kappa shape index (κ1) is 25.0. The number of benzene rings is 2. The fourth-order valence-electron chi connectivity index (χ4n) is 4.15. The molecule has 0 radical (unpaired) electrons. The molecule has 0 saturated carbocycles. The van der Waals surface area contributed by atoms with Crippen molar-refractivity contribution in [3.63, 3.8) is 0 Å². The van der Waals surface area contributed by atoms with Crippen LogP contribution >= 0.6 is 0 Å². The Morgan fingerprint density at radius 3 is 2.29 bits per heavy atom. The molecular formula is C23H22F6N2O4. The summed E-state index contributed by atoms with van der Waals surface area (Å²) in [5, 5.41) is 13.4. The second kappa shape index (κ2) is 9.48. The van der Waals surface area contributed by atoms with Crippen molar-refractivity contribution >= 4 is 17.3 Å². The van der Waals surface area contributed by atoms with Gasteiger partial charge in [-0.25, -0.2) is 13.2 Å². The molecule has 2 aliphatic heterocycles. The minimum Gasteiger partial charge on any atom is -0.490 e. The molecule has 0 atom stereocenters. The molecule has 35 heavy (non-hydrogen) atoms. The molecule has 2 aromatic rings.